The van der Waals surface area contributed by atoms with Crippen LogP contribution in [-0.2, 0) is 19.9 Å². The standard InChI is InChI=1S/C7H12N4O4S2/c8-7-6(5-9-10-7)17(14,15)11-1-3-16(12,13)4-2-11/h5H,1-4H2,(H3,8,9,10). The van der Waals surface area contributed by atoms with Crippen LogP contribution in [0.5, 0.6) is 0 Å². The van der Waals surface area contributed by atoms with Gasteiger partial charge in [-0.15, -0.1) is 0 Å². The Labute approximate surface area is 98.8 Å². The third kappa shape index (κ3) is 2.28. The molecule has 17 heavy (non-hydrogen) atoms. The third-order valence-corrected chi connectivity index (χ3v) is 6.09. The van der Waals surface area contributed by atoms with Crippen molar-refractivity contribution in [3.8, 4) is 0 Å². The Kier molecular flexibility index (Phi) is 2.87. The van der Waals surface area contributed by atoms with Crippen LogP contribution in [0, 0.1) is 0 Å². The minimum atomic E-state index is -3.75. The Hall–Kier alpha value is -1.13. The Morgan fingerprint density at radius 1 is 1.35 bits per heavy atom. The quantitative estimate of drug-likeness (QED) is 0.672. The molecule has 0 amide bonds. The van der Waals surface area contributed by atoms with Gasteiger partial charge in [0.05, 0.1) is 17.7 Å². The van der Waals surface area contributed by atoms with Gasteiger partial charge in [-0.05, 0) is 0 Å². The predicted octanol–water partition coefficient (Wildman–Crippen LogP) is -1.59. The van der Waals surface area contributed by atoms with Gasteiger partial charge in [-0.3, -0.25) is 5.10 Å². The lowest BCUT2D eigenvalue weighted by Gasteiger charge is -2.25. The van der Waals surface area contributed by atoms with E-state index in [9.17, 15) is 16.8 Å². The number of hydrogen-bond donors (Lipinski definition) is 2. The molecule has 2 rings (SSSR count). The lowest BCUT2D eigenvalue weighted by molar-refractivity contribution is 0.431. The molecule has 1 aromatic rings. The molecule has 0 spiro atoms. The lowest BCUT2D eigenvalue weighted by atomic mass is 10.6. The van der Waals surface area contributed by atoms with Gasteiger partial charge in [0, 0.05) is 13.1 Å². The summed E-state index contributed by atoms with van der Waals surface area (Å²) in [6.07, 6.45) is 1.12. The van der Waals surface area contributed by atoms with Crippen molar-refractivity contribution >= 4 is 25.7 Å². The molecule has 10 heteroatoms. The number of hydrogen-bond acceptors (Lipinski definition) is 6. The second kappa shape index (κ2) is 3.96. The van der Waals surface area contributed by atoms with Crippen LogP contribution in [0.2, 0.25) is 0 Å². The number of nitrogens with two attached hydrogens (primary N) is 1. The first kappa shape index (κ1) is 12.3. The molecule has 0 saturated carbocycles. The van der Waals surface area contributed by atoms with Gasteiger partial charge < -0.3 is 5.73 Å². The lowest BCUT2D eigenvalue weighted by Crippen LogP contribution is -2.43. The summed E-state index contributed by atoms with van der Waals surface area (Å²) in [6, 6.07) is 0. The van der Waals surface area contributed by atoms with Crippen molar-refractivity contribution in [1.82, 2.24) is 14.5 Å². The fourth-order valence-corrected chi connectivity index (χ4v) is 4.45. The zero-order chi connectivity index (χ0) is 12.7. The Bertz CT molecular complexity index is 604. The molecule has 1 aromatic heterocycles. The molecule has 3 N–H and O–H groups in total. The number of anilines is 1. The van der Waals surface area contributed by atoms with E-state index in [0.29, 0.717) is 0 Å². The zero-order valence-corrected chi connectivity index (χ0v) is 10.5. The molecule has 0 radical (unpaired) electrons. The number of aromatic nitrogens is 2. The molecular formula is C7H12N4O4S2. The van der Waals surface area contributed by atoms with E-state index >= 15 is 0 Å². The van der Waals surface area contributed by atoms with Crippen molar-refractivity contribution in [2.24, 2.45) is 0 Å². The van der Waals surface area contributed by atoms with Gasteiger partial charge in [-0.2, -0.15) is 9.40 Å². The molecule has 1 fully saturated rings. The van der Waals surface area contributed by atoms with Crippen LogP contribution < -0.4 is 5.73 Å². The largest absolute Gasteiger partial charge is 0.383 e. The average Bonchev–Trinajstić information content (AvgIpc) is 2.64. The summed E-state index contributed by atoms with van der Waals surface area (Å²) in [5.74, 6) is -0.369. The molecule has 96 valence electrons. The van der Waals surface area contributed by atoms with Crippen LogP contribution >= 0.6 is 0 Å². The minimum absolute atomic E-state index is 0.0431. The SMILES string of the molecule is Nc1[nH]ncc1S(=O)(=O)N1CCS(=O)(=O)CC1. The number of nitrogens with zero attached hydrogens (tertiary/aromatic N) is 2. The van der Waals surface area contributed by atoms with Gasteiger partial charge in [0.2, 0.25) is 10.0 Å². The number of sulfonamides is 1. The molecule has 8 nitrogen and oxygen atoms in total. The fourth-order valence-electron chi connectivity index (χ4n) is 1.57. The maximum absolute atomic E-state index is 12.1. The second-order valence-electron chi connectivity index (χ2n) is 3.70. The van der Waals surface area contributed by atoms with Gasteiger partial charge in [0.25, 0.3) is 0 Å². The molecular weight excluding hydrogens is 268 g/mol. The van der Waals surface area contributed by atoms with Gasteiger partial charge in [-0.1, -0.05) is 0 Å². The van der Waals surface area contributed by atoms with Gasteiger partial charge in [-0.25, -0.2) is 16.8 Å². The maximum atomic E-state index is 12.1. The first-order valence-corrected chi connectivity index (χ1v) is 8.08. The highest BCUT2D eigenvalue weighted by atomic mass is 32.2. The number of sulfone groups is 1. The molecule has 1 saturated heterocycles. The van der Waals surface area contributed by atoms with Crippen molar-refractivity contribution in [2.45, 2.75) is 4.90 Å². The van der Waals surface area contributed by atoms with Crippen LogP contribution in [0.25, 0.3) is 0 Å². The van der Waals surface area contributed by atoms with E-state index < -0.39 is 19.9 Å². The Balaban J connectivity index is 2.27. The summed E-state index contributed by atoms with van der Waals surface area (Å²) in [6.45, 7) is -0.0927. The van der Waals surface area contributed by atoms with Crippen molar-refractivity contribution in [2.75, 3.05) is 30.3 Å². The zero-order valence-electron chi connectivity index (χ0n) is 8.83. The summed E-state index contributed by atoms with van der Waals surface area (Å²) in [5, 5.41) is 5.87. The summed E-state index contributed by atoms with van der Waals surface area (Å²) >= 11 is 0. The molecule has 1 aliphatic rings. The molecule has 0 unspecified atom stereocenters. The number of aromatic amines is 1. The monoisotopic (exact) mass is 280 g/mol. The number of rotatable bonds is 2. The van der Waals surface area contributed by atoms with Gasteiger partial charge >= 0.3 is 0 Å². The van der Waals surface area contributed by atoms with E-state index in [2.05, 4.69) is 10.2 Å². The number of H-pyrrole nitrogens is 1. The molecule has 1 aliphatic heterocycles. The molecule has 0 aromatic carbocycles. The molecule has 0 atom stereocenters. The Morgan fingerprint density at radius 3 is 2.41 bits per heavy atom. The Morgan fingerprint density at radius 2 is 1.94 bits per heavy atom. The van der Waals surface area contributed by atoms with Crippen LogP contribution in [0.3, 0.4) is 0 Å². The van der Waals surface area contributed by atoms with Crippen LogP contribution in [0.1, 0.15) is 0 Å². The predicted molar refractivity (Wildman–Crippen MR) is 60.4 cm³/mol. The summed E-state index contributed by atoms with van der Waals surface area (Å²) in [7, 11) is -6.87. The fraction of sp³-hybridized carbons (Fsp3) is 0.571. The van der Waals surface area contributed by atoms with Crippen molar-refractivity contribution in [3.05, 3.63) is 6.20 Å². The maximum Gasteiger partial charge on any atom is 0.248 e. The van der Waals surface area contributed by atoms with E-state index in [1.807, 2.05) is 0 Å². The van der Waals surface area contributed by atoms with Crippen molar-refractivity contribution < 1.29 is 16.8 Å². The summed E-state index contributed by atoms with van der Waals surface area (Å²) in [4.78, 5) is -0.114. The molecule has 0 aliphatic carbocycles. The van der Waals surface area contributed by atoms with Crippen molar-refractivity contribution in [1.29, 1.82) is 0 Å². The smallest absolute Gasteiger partial charge is 0.248 e. The first-order valence-electron chi connectivity index (χ1n) is 4.82. The number of nitrogens with one attached hydrogen (secondary N) is 1. The van der Waals surface area contributed by atoms with Crippen LogP contribution in [-0.4, -0.2) is 55.9 Å². The first-order chi connectivity index (χ1) is 7.83. The van der Waals surface area contributed by atoms with Crippen molar-refractivity contribution in [3.63, 3.8) is 0 Å². The van der Waals surface area contributed by atoms with Gasteiger partial charge in [0.1, 0.15) is 10.7 Å². The average molecular weight is 280 g/mol. The van der Waals surface area contributed by atoms with Gasteiger partial charge in [0.15, 0.2) is 9.84 Å². The van der Waals surface area contributed by atoms with E-state index in [1.54, 1.807) is 0 Å². The highest BCUT2D eigenvalue weighted by Crippen LogP contribution is 2.21. The normalized spacial score (nSPS) is 21.4. The third-order valence-electron chi connectivity index (χ3n) is 2.55. The highest BCUT2D eigenvalue weighted by molar-refractivity contribution is 7.92. The van der Waals surface area contributed by atoms with Crippen LogP contribution in [0.4, 0.5) is 5.82 Å². The van der Waals surface area contributed by atoms with E-state index in [0.717, 1.165) is 10.5 Å². The summed E-state index contributed by atoms with van der Waals surface area (Å²) < 4.78 is 47.7. The molecule has 0 bridgehead atoms. The van der Waals surface area contributed by atoms with E-state index in [-0.39, 0.29) is 35.3 Å². The van der Waals surface area contributed by atoms with E-state index in [1.165, 1.54) is 0 Å². The van der Waals surface area contributed by atoms with Crippen LogP contribution in [0.15, 0.2) is 11.1 Å². The summed E-state index contributed by atoms with van der Waals surface area (Å²) in [5.41, 5.74) is 5.44. The second-order valence-corrected chi connectivity index (χ2v) is 7.91. The topological polar surface area (TPSA) is 126 Å². The minimum Gasteiger partial charge on any atom is -0.383 e. The van der Waals surface area contributed by atoms with E-state index in [4.69, 9.17) is 5.73 Å². The molecule has 2 heterocycles. The highest BCUT2D eigenvalue weighted by Gasteiger charge is 2.32. The number of nitrogen functional groups attached to an aromatic ring is 1.